The Bertz CT molecular complexity index is 1190. The van der Waals surface area contributed by atoms with Crippen molar-refractivity contribution in [2.45, 2.75) is 43.2 Å². The number of esters is 1. The van der Waals surface area contributed by atoms with E-state index >= 15 is 0 Å². The zero-order chi connectivity index (χ0) is 24.0. The first-order chi connectivity index (χ1) is 16.3. The van der Waals surface area contributed by atoms with Crippen LogP contribution in [0.15, 0.2) is 72.8 Å². The van der Waals surface area contributed by atoms with Gasteiger partial charge in [0.05, 0.1) is 11.7 Å². The van der Waals surface area contributed by atoms with E-state index < -0.39 is 42.3 Å². The summed E-state index contributed by atoms with van der Waals surface area (Å²) in [7, 11) is 0. The molecule has 0 aromatic heterocycles. The van der Waals surface area contributed by atoms with Crippen molar-refractivity contribution >= 4 is 5.97 Å². The zero-order valence-electron chi connectivity index (χ0n) is 18.2. The smallest absolute Gasteiger partial charge is 0.340 e. The maximum absolute atomic E-state index is 12.8. The summed E-state index contributed by atoms with van der Waals surface area (Å²) in [6.45, 7) is 1.58. The van der Waals surface area contributed by atoms with Crippen LogP contribution in [0.2, 0.25) is 0 Å². The van der Waals surface area contributed by atoms with Gasteiger partial charge in [-0.1, -0.05) is 42.5 Å². The highest BCUT2D eigenvalue weighted by atomic mass is 16.7. The predicted octanol–water partition coefficient (Wildman–Crippen LogP) is 2.06. The number of rotatable bonds is 4. The quantitative estimate of drug-likeness (QED) is 0.433. The molecule has 0 aliphatic carbocycles. The highest BCUT2D eigenvalue weighted by molar-refractivity contribution is 5.96. The van der Waals surface area contributed by atoms with E-state index in [2.05, 4.69) is 0 Å². The summed E-state index contributed by atoms with van der Waals surface area (Å²) in [4.78, 5) is 12.8. The Balaban J connectivity index is 1.51. The molecule has 0 spiro atoms. The van der Waals surface area contributed by atoms with Gasteiger partial charge in [0.1, 0.15) is 29.8 Å². The van der Waals surface area contributed by atoms with Gasteiger partial charge in [-0.2, -0.15) is 0 Å². The summed E-state index contributed by atoms with van der Waals surface area (Å²) in [5.74, 6) is -0.0147. The molecular formula is C26H24O8. The first-order valence-corrected chi connectivity index (χ1v) is 10.9. The van der Waals surface area contributed by atoms with Gasteiger partial charge in [-0.15, -0.1) is 0 Å². The van der Waals surface area contributed by atoms with Crippen LogP contribution < -0.4 is 4.74 Å². The maximum atomic E-state index is 12.8. The lowest BCUT2D eigenvalue weighted by atomic mass is 9.80. The largest absolute Gasteiger partial charge is 0.508 e. The highest BCUT2D eigenvalue weighted by Crippen LogP contribution is 2.47. The van der Waals surface area contributed by atoms with Gasteiger partial charge in [-0.25, -0.2) is 4.79 Å². The lowest BCUT2D eigenvalue weighted by Crippen LogP contribution is -2.58. The fourth-order valence-electron chi connectivity index (χ4n) is 4.52. The van der Waals surface area contributed by atoms with Gasteiger partial charge in [0.25, 0.3) is 0 Å². The molecule has 0 bridgehead atoms. The molecule has 2 aliphatic rings. The number of benzene rings is 3. The second-order valence-corrected chi connectivity index (χ2v) is 8.49. The molecule has 1 fully saturated rings. The molecule has 8 heteroatoms. The summed E-state index contributed by atoms with van der Waals surface area (Å²) in [6, 6.07) is 20.4. The standard InChI is InChI=1S/C26H24O8/c1-14-21(28)22(29)23(30)25(32-14)33-18-12-8-16(9-13-18)26(15-6-10-17(27)11-7-15)20-5-3-2-4-19(20)24(31)34-26/h2-14,21-23,25,27-30H,1H3/t14-,21-,22+,23-,25?,26?/m1/s1. The van der Waals surface area contributed by atoms with E-state index in [-0.39, 0.29) is 5.75 Å². The minimum atomic E-state index is -1.43. The second-order valence-electron chi connectivity index (χ2n) is 8.49. The Morgan fingerprint density at radius 2 is 1.44 bits per heavy atom. The number of ether oxygens (including phenoxy) is 3. The van der Waals surface area contributed by atoms with Crippen molar-refractivity contribution in [3.63, 3.8) is 0 Å². The Morgan fingerprint density at radius 1 is 0.824 bits per heavy atom. The van der Waals surface area contributed by atoms with Gasteiger partial charge in [-0.05, 0) is 37.3 Å². The molecule has 1 saturated heterocycles. The zero-order valence-corrected chi connectivity index (χ0v) is 18.2. The van der Waals surface area contributed by atoms with E-state index in [4.69, 9.17) is 14.2 Å². The number of hydrogen-bond acceptors (Lipinski definition) is 8. The lowest BCUT2D eigenvalue weighted by Gasteiger charge is -2.39. The number of phenolic OH excluding ortho intramolecular Hbond substituents is 1. The van der Waals surface area contributed by atoms with Crippen molar-refractivity contribution in [2.75, 3.05) is 0 Å². The van der Waals surface area contributed by atoms with E-state index in [0.29, 0.717) is 28.0 Å². The fourth-order valence-corrected chi connectivity index (χ4v) is 4.52. The number of carbonyl (C=O) groups excluding carboxylic acids is 1. The minimum Gasteiger partial charge on any atom is -0.508 e. The molecule has 176 valence electrons. The number of cyclic esters (lactones) is 1. The summed E-state index contributed by atoms with van der Waals surface area (Å²) >= 11 is 0. The van der Waals surface area contributed by atoms with Crippen molar-refractivity contribution in [1.29, 1.82) is 0 Å². The van der Waals surface area contributed by atoms with Crippen molar-refractivity contribution in [3.05, 3.63) is 95.1 Å². The normalized spacial score (nSPS) is 30.5. The molecule has 0 radical (unpaired) electrons. The van der Waals surface area contributed by atoms with Crippen molar-refractivity contribution < 1.29 is 39.4 Å². The molecule has 0 amide bonds. The lowest BCUT2D eigenvalue weighted by molar-refractivity contribution is -0.268. The first kappa shape index (κ1) is 22.4. The Labute approximate surface area is 195 Å². The van der Waals surface area contributed by atoms with E-state index in [1.807, 2.05) is 12.1 Å². The topological polar surface area (TPSA) is 126 Å². The predicted molar refractivity (Wildman–Crippen MR) is 119 cm³/mol. The molecule has 2 heterocycles. The van der Waals surface area contributed by atoms with Crippen LogP contribution >= 0.6 is 0 Å². The Kier molecular flexibility index (Phi) is 5.53. The molecule has 0 saturated carbocycles. The third-order valence-electron chi connectivity index (χ3n) is 6.37. The molecular weight excluding hydrogens is 440 g/mol. The second kappa shape index (κ2) is 8.41. The van der Waals surface area contributed by atoms with E-state index in [0.717, 1.165) is 0 Å². The number of aliphatic hydroxyl groups is 3. The van der Waals surface area contributed by atoms with Crippen LogP contribution in [0.3, 0.4) is 0 Å². The molecule has 8 nitrogen and oxygen atoms in total. The van der Waals surface area contributed by atoms with Gasteiger partial charge in [-0.3, -0.25) is 0 Å². The summed E-state index contributed by atoms with van der Waals surface area (Å²) in [6.07, 6.45) is -5.96. The average molecular weight is 464 g/mol. The number of fused-ring (bicyclic) bond motifs is 1. The summed E-state index contributed by atoms with van der Waals surface area (Å²) in [5.41, 5.74) is 1.22. The molecule has 34 heavy (non-hydrogen) atoms. The molecule has 2 aliphatic heterocycles. The highest BCUT2D eigenvalue weighted by Gasteiger charge is 2.48. The maximum Gasteiger partial charge on any atom is 0.340 e. The van der Waals surface area contributed by atoms with E-state index in [9.17, 15) is 25.2 Å². The van der Waals surface area contributed by atoms with Crippen LogP contribution in [0.4, 0.5) is 0 Å². The number of phenols is 1. The number of hydrogen-bond donors (Lipinski definition) is 4. The van der Waals surface area contributed by atoms with Crippen LogP contribution in [-0.2, 0) is 15.1 Å². The SMILES string of the molecule is C[C@H]1OC(Oc2ccc(C3(c4ccc(O)cc4)OC(=O)c4ccccc43)cc2)[C@H](O)[C@@H](O)[C@@H]1O. The van der Waals surface area contributed by atoms with Gasteiger partial charge >= 0.3 is 5.97 Å². The minimum absolute atomic E-state index is 0.0906. The summed E-state index contributed by atoms with van der Waals surface area (Å²) < 4.78 is 17.2. The van der Waals surface area contributed by atoms with Gasteiger partial charge in [0, 0.05) is 16.7 Å². The Hall–Kier alpha value is -3.43. The van der Waals surface area contributed by atoms with Crippen LogP contribution in [0.5, 0.6) is 11.5 Å². The van der Waals surface area contributed by atoms with Gasteiger partial charge in [0.2, 0.25) is 6.29 Å². The third-order valence-corrected chi connectivity index (χ3v) is 6.37. The van der Waals surface area contributed by atoms with Crippen LogP contribution in [0.25, 0.3) is 0 Å². The van der Waals surface area contributed by atoms with Gasteiger partial charge < -0.3 is 34.6 Å². The van der Waals surface area contributed by atoms with Crippen LogP contribution in [0, 0.1) is 0 Å². The first-order valence-electron chi connectivity index (χ1n) is 10.9. The molecule has 3 aromatic carbocycles. The summed E-state index contributed by atoms with van der Waals surface area (Å²) in [5, 5.41) is 39.9. The monoisotopic (exact) mass is 464 g/mol. The van der Waals surface area contributed by atoms with Crippen molar-refractivity contribution in [1.82, 2.24) is 0 Å². The number of carbonyl (C=O) groups is 1. The average Bonchev–Trinajstić information content (AvgIpc) is 3.15. The third kappa shape index (κ3) is 3.52. The molecule has 6 atom stereocenters. The molecule has 2 unspecified atom stereocenters. The van der Waals surface area contributed by atoms with E-state index in [1.165, 1.54) is 12.1 Å². The Morgan fingerprint density at radius 3 is 2.12 bits per heavy atom. The number of aliphatic hydroxyl groups excluding tert-OH is 3. The van der Waals surface area contributed by atoms with Crippen LogP contribution in [-0.4, -0.2) is 57.1 Å². The van der Waals surface area contributed by atoms with Gasteiger partial charge in [0.15, 0.2) is 5.60 Å². The molecule has 5 rings (SSSR count). The molecule has 3 aromatic rings. The number of aromatic hydroxyl groups is 1. The van der Waals surface area contributed by atoms with Crippen LogP contribution in [0.1, 0.15) is 34.0 Å². The molecule has 4 N–H and O–H groups in total. The van der Waals surface area contributed by atoms with Crippen molar-refractivity contribution in [3.8, 4) is 11.5 Å². The van der Waals surface area contributed by atoms with Crippen molar-refractivity contribution in [2.24, 2.45) is 0 Å². The fraction of sp³-hybridized carbons (Fsp3) is 0.269. The van der Waals surface area contributed by atoms with E-state index in [1.54, 1.807) is 55.5 Å².